The molecule has 2 aromatic heterocycles. The van der Waals surface area contributed by atoms with E-state index < -0.39 is 0 Å². The summed E-state index contributed by atoms with van der Waals surface area (Å²) in [6.45, 7) is 2.96. The molecule has 4 rings (SSSR count). The molecule has 0 aliphatic rings. The molecule has 2 heterocycles. The molecular formula is C24H21N5O2S. The smallest absolute Gasteiger partial charge is 0.223 e. The summed E-state index contributed by atoms with van der Waals surface area (Å²) in [5.41, 5.74) is 4.51. The van der Waals surface area contributed by atoms with Gasteiger partial charge in [-0.05, 0) is 48.4 Å². The van der Waals surface area contributed by atoms with Gasteiger partial charge in [-0.15, -0.1) is 0 Å². The van der Waals surface area contributed by atoms with Gasteiger partial charge in [0.2, 0.25) is 11.8 Å². The number of hydrogen-bond acceptors (Lipinski definition) is 6. The average Bonchev–Trinajstić information content (AvgIpc) is 3.15. The zero-order chi connectivity index (χ0) is 22.5. The first kappa shape index (κ1) is 21.3. The predicted octanol–water partition coefficient (Wildman–Crippen LogP) is 4.93. The van der Waals surface area contributed by atoms with Crippen molar-refractivity contribution in [1.82, 2.24) is 15.0 Å². The summed E-state index contributed by atoms with van der Waals surface area (Å²) in [7, 11) is 0. The SMILES string of the molecule is CC(=O)Nc1ccc(C/C=C/c2nccc(-c3ccc4nc(NC(C)=O)sc4c3)n2)cc1. The lowest BCUT2D eigenvalue weighted by atomic mass is 10.1. The van der Waals surface area contributed by atoms with Crippen molar-refractivity contribution >= 4 is 50.3 Å². The predicted molar refractivity (Wildman–Crippen MR) is 128 cm³/mol. The van der Waals surface area contributed by atoms with Crippen LogP contribution >= 0.6 is 11.3 Å². The van der Waals surface area contributed by atoms with Crippen molar-refractivity contribution in [3.8, 4) is 11.3 Å². The van der Waals surface area contributed by atoms with Crippen LogP contribution in [-0.4, -0.2) is 26.8 Å². The van der Waals surface area contributed by atoms with Crippen LogP contribution in [0.3, 0.4) is 0 Å². The van der Waals surface area contributed by atoms with Crippen LogP contribution in [0.2, 0.25) is 0 Å². The standard InChI is InChI=1S/C24H21N5O2S/c1-15(30)26-19-9-6-17(7-10-19)4-3-5-23-25-13-12-20(28-23)18-8-11-21-22(14-18)32-24(29-21)27-16(2)31/h3,5-14H,4H2,1-2H3,(H,26,30)(H,27,29,31)/b5-3+. The highest BCUT2D eigenvalue weighted by Crippen LogP contribution is 2.30. The minimum Gasteiger partial charge on any atom is -0.326 e. The van der Waals surface area contributed by atoms with E-state index in [2.05, 4.69) is 25.6 Å². The highest BCUT2D eigenvalue weighted by atomic mass is 32.1. The van der Waals surface area contributed by atoms with Crippen LogP contribution in [0.15, 0.2) is 60.8 Å². The summed E-state index contributed by atoms with van der Waals surface area (Å²) in [5, 5.41) is 6.07. The van der Waals surface area contributed by atoms with Gasteiger partial charge in [-0.2, -0.15) is 0 Å². The maximum absolute atomic E-state index is 11.3. The van der Waals surface area contributed by atoms with Crippen molar-refractivity contribution < 1.29 is 9.59 Å². The number of amides is 2. The fourth-order valence-electron chi connectivity index (χ4n) is 3.13. The second kappa shape index (κ2) is 9.49. The van der Waals surface area contributed by atoms with Crippen LogP contribution in [0, 0.1) is 0 Å². The first-order chi connectivity index (χ1) is 15.5. The number of anilines is 2. The van der Waals surface area contributed by atoms with Gasteiger partial charge in [-0.25, -0.2) is 15.0 Å². The molecule has 0 saturated heterocycles. The normalized spacial score (nSPS) is 11.1. The Hall–Kier alpha value is -3.91. The minimum atomic E-state index is -0.139. The van der Waals surface area contributed by atoms with Gasteiger partial charge in [0.1, 0.15) is 0 Å². The number of hydrogen-bond donors (Lipinski definition) is 2. The summed E-state index contributed by atoms with van der Waals surface area (Å²) < 4.78 is 0.977. The molecule has 2 amide bonds. The number of benzene rings is 2. The maximum atomic E-state index is 11.3. The Bertz CT molecular complexity index is 1310. The second-order valence-corrected chi connectivity index (χ2v) is 8.20. The molecule has 32 heavy (non-hydrogen) atoms. The number of fused-ring (bicyclic) bond motifs is 1. The van der Waals surface area contributed by atoms with E-state index >= 15 is 0 Å². The second-order valence-electron chi connectivity index (χ2n) is 7.17. The first-order valence-electron chi connectivity index (χ1n) is 10.0. The van der Waals surface area contributed by atoms with Crippen LogP contribution in [0.25, 0.3) is 27.6 Å². The third-order valence-electron chi connectivity index (χ3n) is 4.54. The Morgan fingerprint density at radius 3 is 2.50 bits per heavy atom. The lowest BCUT2D eigenvalue weighted by Gasteiger charge is -2.03. The van der Waals surface area contributed by atoms with E-state index in [1.54, 1.807) is 6.20 Å². The summed E-state index contributed by atoms with van der Waals surface area (Å²) in [5.74, 6) is 0.401. The van der Waals surface area contributed by atoms with Gasteiger partial charge in [0.25, 0.3) is 0 Å². The summed E-state index contributed by atoms with van der Waals surface area (Å²) in [4.78, 5) is 35.8. The summed E-state index contributed by atoms with van der Waals surface area (Å²) in [6.07, 6.45) is 6.38. The van der Waals surface area contributed by atoms with E-state index in [1.807, 2.05) is 60.7 Å². The first-order valence-corrected chi connectivity index (χ1v) is 10.8. The monoisotopic (exact) mass is 443 g/mol. The van der Waals surface area contributed by atoms with Crippen LogP contribution in [0.4, 0.5) is 10.8 Å². The van der Waals surface area contributed by atoms with Crippen molar-refractivity contribution in [1.29, 1.82) is 0 Å². The molecule has 0 fully saturated rings. The highest BCUT2D eigenvalue weighted by molar-refractivity contribution is 7.22. The van der Waals surface area contributed by atoms with Crippen LogP contribution in [0.5, 0.6) is 0 Å². The van der Waals surface area contributed by atoms with Crippen molar-refractivity contribution in [2.45, 2.75) is 20.3 Å². The summed E-state index contributed by atoms with van der Waals surface area (Å²) >= 11 is 1.43. The number of thiazole rings is 1. The highest BCUT2D eigenvalue weighted by Gasteiger charge is 2.08. The van der Waals surface area contributed by atoms with E-state index in [4.69, 9.17) is 0 Å². The Morgan fingerprint density at radius 2 is 1.75 bits per heavy atom. The Labute approximate surface area is 189 Å². The zero-order valence-electron chi connectivity index (χ0n) is 17.6. The van der Waals surface area contributed by atoms with E-state index in [0.29, 0.717) is 11.0 Å². The van der Waals surface area contributed by atoms with Crippen LogP contribution in [0.1, 0.15) is 25.2 Å². The van der Waals surface area contributed by atoms with Gasteiger partial charge in [0.05, 0.1) is 15.9 Å². The molecule has 0 bridgehead atoms. The molecule has 0 aliphatic carbocycles. The van der Waals surface area contributed by atoms with E-state index in [0.717, 1.165) is 39.1 Å². The number of carbonyl (C=O) groups is 2. The van der Waals surface area contributed by atoms with Gasteiger partial charge < -0.3 is 10.6 Å². The van der Waals surface area contributed by atoms with Crippen molar-refractivity contribution in [3.63, 3.8) is 0 Å². The maximum Gasteiger partial charge on any atom is 0.223 e. The largest absolute Gasteiger partial charge is 0.326 e. The Morgan fingerprint density at radius 1 is 0.969 bits per heavy atom. The van der Waals surface area contributed by atoms with Gasteiger partial charge in [-0.1, -0.05) is 35.6 Å². The van der Waals surface area contributed by atoms with Crippen molar-refractivity contribution in [2.75, 3.05) is 10.6 Å². The molecule has 0 atom stereocenters. The third kappa shape index (κ3) is 5.41. The molecule has 0 unspecified atom stereocenters. The Kier molecular flexibility index (Phi) is 6.32. The molecule has 0 spiro atoms. The lowest BCUT2D eigenvalue weighted by molar-refractivity contribution is -0.115. The topological polar surface area (TPSA) is 96.9 Å². The number of nitrogens with zero attached hydrogens (tertiary/aromatic N) is 3. The third-order valence-corrected chi connectivity index (χ3v) is 5.47. The minimum absolute atomic E-state index is 0.0858. The molecule has 0 aliphatic heterocycles. The Balaban J connectivity index is 1.47. The molecule has 2 N–H and O–H groups in total. The molecule has 4 aromatic rings. The van der Waals surface area contributed by atoms with Crippen LogP contribution in [-0.2, 0) is 16.0 Å². The zero-order valence-corrected chi connectivity index (χ0v) is 18.4. The van der Waals surface area contributed by atoms with E-state index in [1.165, 1.54) is 25.2 Å². The van der Waals surface area contributed by atoms with Crippen LogP contribution < -0.4 is 10.6 Å². The fraction of sp³-hybridized carbons (Fsp3) is 0.125. The van der Waals surface area contributed by atoms with Crippen molar-refractivity contribution in [3.05, 3.63) is 72.2 Å². The molecule has 160 valence electrons. The van der Waals surface area contributed by atoms with Gasteiger partial charge in [-0.3, -0.25) is 9.59 Å². The molecule has 7 nitrogen and oxygen atoms in total. The van der Waals surface area contributed by atoms with E-state index in [9.17, 15) is 9.59 Å². The van der Waals surface area contributed by atoms with Gasteiger partial charge in [0.15, 0.2) is 11.0 Å². The van der Waals surface area contributed by atoms with Gasteiger partial charge in [0, 0.05) is 31.3 Å². The van der Waals surface area contributed by atoms with Crippen molar-refractivity contribution in [2.24, 2.45) is 0 Å². The van der Waals surface area contributed by atoms with Gasteiger partial charge >= 0.3 is 0 Å². The molecular weight excluding hydrogens is 422 g/mol. The number of carbonyl (C=O) groups excluding carboxylic acids is 2. The number of aromatic nitrogens is 3. The molecule has 0 saturated carbocycles. The fourth-order valence-corrected chi connectivity index (χ4v) is 4.08. The average molecular weight is 444 g/mol. The lowest BCUT2D eigenvalue weighted by Crippen LogP contribution is -2.05. The molecule has 8 heteroatoms. The number of rotatable bonds is 6. The van der Waals surface area contributed by atoms with E-state index in [-0.39, 0.29) is 11.8 Å². The molecule has 2 aromatic carbocycles. The quantitative estimate of drug-likeness (QED) is 0.441. The molecule has 0 radical (unpaired) electrons. The summed E-state index contributed by atoms with van der Waals surface area (Å²) in [6, 6.07) is 15.5. The number of nitrogens with one attached hydrogen (secondary N) is 2. The number of allylic oxidation sites excluding steroid dienone is 1.